The van der Waals surface area contributed by atoms with Gasteiger partial charge in [-0.05, 0) is 30.3 Å². The van der Waals surface area contributed by atoms with Gasteiger partial charge in [-0.3, -0.25) is 14.7 Å². The fourth-order valence-corrected chi connectivity index (χ4v) is 4.17. The maximum atomic E-state index is 12.8. The van der Waals surface area contributed by atoms with Crippen molar-refractivity contribution in [3.05, 3.63) is 59.9 Å². The summed E-state index contributed by atoms with van der Waals surface area (Å²) >= 11 is 0. The van der Waals surface area contributed by atoms with Crippen LogP contribution in [0.15, 0.2) is 53.6 Å². The molecule has 2 aromatic rings. The van der Waals surface area contributed by atoms with Gasteiger partial charge in [0.15, 0.2) is 0 Å². The summed E-state index contributed by atoms with van der Waals surface area (Å²) in [5, 5.41) is 0. The number of piperazine rings is 1. The SMILES string of the molecule is CCNS(=O)(=O)c1cccc(C(=O)N2CCN(Cc3ccccn3)CC2)c1. The summed E-state index contributed by atoms with van der Waals surface area (Å²) in [7, 11) is -3.58. The molecule has 2 heterocycles. The van der Waals surface area contributed by atoms with Crippen molar-refractivity contribution in [3.8, 4) is 0 Å². The van der Waals surface area contributed by atoms with Gasteiger partial charge in [0, 0.05) is 51.0 Å². The number of carbonyl (C=O) groups excluding carboxylic acids is 1. The van der Waals surface area contributed by atoms with Crippen LogP contribution in [0, 0.1) is 0 Å². The summed E-state index contributed by atoms with van der Waals surface area (Å²) in [4.78, 5) is 21.3. The van der Waals surface area contributed by atoms with Crippen LogP contribution in [0.3, 0.4) is 0 Å². The second-order valence-corrected chi connectivity index (χ2v) is 8.19. The zero-order valence-electron chi connectivity index (χ0n) is 15.3. The Hall–Kier alpha value is -2.29. The standard InChI is InChI=1S/C19H24N4O3S/c1-2-21-27(25,26)18-8-5-6-16(14-18)19(24)23-12-10-22(11-13-23)15-17-7-3-4-9-20-17/h3-9,14,21H,2,10-13,15H2,1H3. The highest BCUT2D eigenvalue weighted by molar-refractivity contribution is 7.89. The highest BCUT2D eigenvalue weighted by Gasteiger charge is 2.23. The fraction of sp³-hybridized carbons (Fsp3) is 0.368. The lowest BCUT2D eigenvalue weighted by atomic mass is 10.2. The third kappa shape index (κ3) is 4.91. The molecule has 144 valence electrons. The number of carbonyl (C=O) groups is 1. The van der Waals surface area contributed by atoms with Crippen LogP contribution in [0.5, 0.6) is 0 Å². The van der Waals surface area contributed by atoms with Crippen molar-refractivity contribution >= 4 is 15.9 Å². The Labute approximate surface area is 160 Å². The van der Waals surface area contributed by atoms with Crippen molar-refractivity contribution < 1.29 is 13.2 Å². The van der Waals surface area contributed by atoms with Gasteiger partial charge in [0.25, 0.3) is 5.91 Å². The molecule has 27 heavy (non-hydrogen) atoms. The molecule has 0 unspecified atom stereocenters. The summed E-state index contributed by atoms with van der Waals surface area (Å²) in [6, 6.07) is 12.1. The zero-order chi connectivity index (χ0) is 19.3. The van der Waals surface area contributed by atoms with Crippen molar-refractivity contribution in [2.24, 2.45) is 0 Å². The predicted octanol–water partition coefficient (Wildman–Crippen LogP) is 1.34. The van der Waals surface area contributed by atoms with Gasteiger partial charge in [0.2, 0.25) is 10.0 Å². The molecule has 0 radical (unpaired) electrons. The summed E-state index contributed by atoms with van der Waals surface area (Å²) in [5.74, 6) is -0.138. The van der Waals surface area contributed by atoms with Crippen LogP contribution in [0.4, 0.5) is 0 Å². The molecule has 0 aliphatic carbocycles. The van der Waals surface area contributed by atoms with Gasteiger partial charge >= 0.3 is 0 Å². The molecule has 0 atom stereocenters. The van der Waals surface area contributed by atoms with Crippen molar-refractivity contribution in [1.29, 1.82) is 0 Å². The highest BCUT2D eigenvalue weighted by atomic mass is 32.2. The molecule has 7 nitrogen and oxygen atoms in total. The van der Waals surface area contributed by atoms with Gasteiger partial charge in [-0.2, -0.15) is 0 Å². The normalized spacial score (nSPS) is 15.7. The molecule has 1 fully saturated rings. The van der Waals surface area contributed by atoms with E-state index in [4.69, 9.17) is 0 Å². The van der Waals surface area contributed by atoms with E-state index in [0.29, 0.717) is 25.2 Å². The van der Waals surface area contributed by atoms with Crippen LogP contribution in [-0.2, 0) is 16.6 Å². The van der Waals surface area contributed by atoms with E-state index >= 15 is 0 Å². The van der Waals surface area contributed by atoms with E-state index in [2.05, 4.69) is 14.6 Å². The van der Waals surface area contributed by atoms with Gasteiger partial charge in [-0.1, -0.05) is 19.1 Å². The van der Waals surface area contributed by atoms with E-state index in [-0.39, 0.29) is 10.8 Å². The first-order valence-corrected chi connectivity index (χ1v) is 10.5. The number of aromatic nitrogens is 1. The number of sulfonamides is 1. The van der Waals surface area contributed by atoms with E-state index < -0.39 is 10.0 Å². The monoisotopic (exact) mass is 388 g/mol. The summed E-state index contributed by atoms with van der Waals surface area (Å²) in [5.41, 5.74) is 1.41. The van der Waals surface area contributed by atoms with Crippen LogP contribution in [0.1, 0.15) is 23.0 Å². The minimum Gasteiger partial charge on any atom is -0.336 e. The average Bonchev–Trinajstić information content (AvgIpc) is 2.69. The number of nitrogens with zero attached hydrogens (tertiary/aromatic N) is 3. The first-order valence-electron chi connectivity index (χ1n) is 9.01. The molecule has 3 rings (SSSR count). The number of hydrogen-bond acceptors (Lipinski definition) is 5. The number of hydrogen-bond donors (Lipinski definition) is 1. The molecule has 1 aromatic carbocycles. The molecule has 1 N–H and O–H groups in total. The Morgan fingerprint density at radius 1 is 1.11 bits per heavy atom. The number of amides is 1. The topological polar surface area (TPSA) is 82.6 Å². The first kappa shape index (κ1) is 19.5. The van der Waals surface area contributed by atoms with Gasteiger partial charge in [-0.25, -0.2) is 13.1 Å². The lowest BCUT2D eigenvalue weighted by Crippen LogP contribution is -2.48. The Balaban J connectivity index is 1.62. The Morgan fingerprint density at radius 3 is 2.56 bits per heavy atom. The Kier molecular flexibility index (Phi) is 6.20. The molecule has 0 saturated carbocycles. The summed E-state index contributed by atoms with van der Waals surface area (Å²) in [6.07, 6.45) is 1.78. The molecular weight excluding hydrogens is 364 g/mol. The molecule has 8 heteroatoms. The number of pyridine rings is 1. The van der Waals surface area contributed by atoms with Crippen molar-refractivity contribution in [3.63, 3.8) is 0 Å². The van der Waals surface area contributed by atoms with Crippen LogP contribution in [-0.4, -0.2) is 61.8 Å². The second kappa shape index (κ2) is 8.60. The van der Waals surface area contributed by atoms with Crippen molar-refractivity contribution in [2.75, 3.05) is 32.7 Å². The lowest BCUT2D eigenvalue weighted by molar-refractivity contribution is 0.0627. The third-order valence-electron chi connectivity index (χ3n) is 4.50. The van der Waals surface area contributed by atoms with Gasteiger partial charge < -0.3 is 4.90 Å². The minimum absolute atomic E-state index is 0.115. The average molecular weight is 388 g/mol. The van der Waals surface area contributed by atoms with E-state index in [1.807, 2.05) is 18.2 Å². The first-order chi connectivity index (χ1) is 13.0. The molecule has 1 aromatic heterocycles. The van der Waals surface area contributed by atoms with Gasteiger partial charge in [0.05, 0.1) is 10.6 Å². The van der Waals surface area contributed by atoms with E-state index in [0.717, 1.165) is 25.3 Å². The molecular formula is C19H24N4O3S. The Morgan fingerprint density at radius 2 is 1.89 bits per heavy atom. The smallest absolute Gasteiger partial charge is 0.253 e. The number of benzene rings is 1. The van der Waals surface area contributed by atoms with Crippen LogP contribution in [0.25, 0.3) is 0 Å². The summed E-state index contributed by atoms with van der Waals surface area (Å²) in [6.45, 7) is 5.52. The maximum absolute atomic E-state index is 12.8. The quantitative estimate of drug-likeness (QED) is 0.807. The van der Waals surface area contributed by atoms with Gasteiger partial charge in [-0.15, -0.1) is 0 Å². The maximum Gasteiger partial charge on any atom is 0.253 e. The van der Waals surface area contributed by atoms with Crippen LogP contribution >= 0.6 is 0 Å². The van der Waals surface area contributed by atoms with Crippen molar-refractivity contribution in [2.45, 2.75) is 18.4 Å². The van der Waals surface area contributed by atoms with E-state index in [1.54, 1.807) is 30.2 Å². The summed E-state index contributed by atoms with van der Waals surface area (Å²) < 4.78 is 26.8. The minimum atomic E-state index is -3.58. The van der Waals surface area contributed by atoms with E-state index in [9.17, 15) is 13.2 Å². The third-order valence-corrected chi connectivity index (χ3v) is 6.04. The van der Waals surface area contributed by atoms with Crippen LogP contribution < -0.4 is 4.72 Å². The fourth-order valence-electron chi connectivity index (χ4n) is 3.08. The largest absolute Gasteiger partial charge is 0.336 e. The molecule has 1 saturated heterocycles. The zero-order valence-corrected chi connectivity index (χ0v) is 16.2. The highest BCUT2D eigenvalue weighted by Crippen LogP contribution is 2.15. The Bertz CT molecular complexity index is 879. The lowest BCUT2D eigenvalue weighted by Gasteiger charge is -2.34. The molecule has 1 amide bonds. The molecule has 0 spiro atoms. The van der Waals surface area contributed by atoms with E-state index in [1.165, 1.54) is 12.1 Å². The number of nitrogens with one attached hydrogen (secondary N) is 1. The molecule has 0 bridgehead atoms. The van der Waals surface area contributed by atoms with Crippen LogP contribution in [0.2, 0.25) is 0 Å². The molecule has 1 aliphatic heterocycles. The van der Waals surface area contributed by atoms with Crippen molar-refractivity contribution in [1.82, 2.24) is 19.5 Å². The van der Waals surface area contributed by atoms with Gasteiger partial charge in [0.1, 0.15) is 0 Å². The second-order valence-electron chi connectivity index (χ2n) is 6.42. The predicted molar refractivity (Wildman–Crippen MR) is 103 cm³/mol. The number of rotatable bonds is 6. The molecule has 1 aliphatic rings.